The van der Waals surface area contributed by atoms with E-state index in [0.29, 0.717) is 17.2 Å². The van der Waals surface area contributed by atoms with Gasteiger partial charge in [-0.25, -0.2) is 9.97 Å². The van der Waals surface area contributed by atoms with Gasteiger partial charge < -0.3 is 10.2 Å². The smallest absolute Gasteiger partial charge is 0.240 e. The van der Waals surface area contributed by atoms with Gasteiger partial charge >= 0.3 is 0 Å². The Labute approximate surface area is 144 Å². The molecule has 8 heteroatoms. The number of hydrogen-bond acceptors (Lipinski definition) is 7. The van der Waals surface area contributed by atoms with Crippen LogP contribution < -0.4 is 10.2 Å². The molecule has 1 amide bonds. The van der Waals surface area contributed by atoms with Gasteiger partial charge in [-0.1, -0.05) is 0 Å². The topological polar surface area (TPSA) is 85.2 Å². The van der Waals surface area contributed by atoms with Crippen LogP contribution in [0.3, 0.4) is 0 Å². The van der Waals surface area contributed by atoms with E-state index in [1.807, 2.05) is 12.3 Å². The molecule has 0 atom stereocenters. The molecule has 1 N–H and O–H groups in total. The van der Waals surface area contributed by atoms with Crippen molar-refractivity contribution in [3.63, 3.8) is 0 Å². The van der Waals surface area contributed by atoms with E-state index in [4.69, 9.17) is 5.26 Å². The summed E-state index contributed by atoms with van der Waals surface area (Å²) in [7, 11) is 0. The highest BCUT2D eigenvalue weighted by atomic mass is 32.1. The Bertz CT molecular complexity index is 760. The van der Waals surface area contributed by atoms with Gasteiger partial charge in [0, 0.05) is 37.8 Å². The summed E-state index contributed by atoms with van der Waals surface area (Å²) in [6.45, 7) is 5.39. The zero-order valence-electron chi connectivity index (χ0n) is 13.4. The van der Waals surface area contributed by atoms with E-state index in [9.17, 15) is 4.79 Å². The predicted octanol–water partition coefficient (Wildman–Crippen LogP) is 1.48. The van der Waals surface area contributed by atoms with Crippen LogP contribution in [0.4, 0.5) is 10.9 Å². The fourth-order valence-electron chi connectivity index (χ4n) is 2.57. The zero-order valence-corrected chi connectivity index (χ0v) is 14.2. The number of aryl methyl sites for hydroxylation is 1. The van der Waals surface area contributed by atoms with Crippen LogP contribution in [-0.2, 0) is 4.79 Å². The maximum atomic E-state index is 12.1. The van der Waals surface area contributed by atoms with Crippen LogP contribution in [0.5, 0.6) is 0 Å². The van der Waals surface area contributed by atoms with Crippen LogP contribution in [0.1, 0.15) is 11.3 Å². The number of pyridine rings is 1. The molecular weight excluding hydrogens is 324 g/mol. The summed E-state index contributed by atoms with van der Waals surface area (Å²) in [5.74, 6) is 0.777. The summed E-state index contributed by atoms with van der Waals surface area (Å²) in [6.07, 6.45) is 1.66. The molecule has 0 aromatic carbocycles. The second-order valence-electron chi connectivity index (χ2n) is 5.62. The molecule has 0 saturated carbocycles. The third-order valence-electron chi connectivity index (χ3n) is 3.80. The van der Waals surface area contributed by atoms with Crippen LogP contribution in [0, 0.1) is 18.3 Å². The van der Waals surface area contributed by atoms with Gasteiger partial charge in [-0.15, -0.1) is 11.3 Å². The van der Waals surface area contributed by atoms with Crippen molar-refractivity contribution in [3.05, 3.63) is 35.0 Å². The van der Waals surface area contributed by atoms with Crippen molar-refractivity contribution in [1.29, 1.82) is 5.26 Å². The van der Waals surface area contributed by atoms with Crippen LogP contribution in [-0.4, -0.2) is 53.5 Å². The molecule has 0 unspecified atom stereocenters. The van der Waals surface area contributed by atoms with Crippen molar-refractivity contribution in [2.45, 2.75) is 6.92 Å². The fourth-order valence-corrected chi connectivity index (χ4v) is 3.27. The minimum Gasteiger partial charge on any atom is -0.354 e. The minimum atomic E-state index is -0.0394. The molecule has 0 spiro atoms. The number of thiazole rings is 1. The largest absolute Gasteiger partial charge is 0.354 e. The number of piperazine rings is 1. The first kappa shape index (κ1) is 16.4. The summed E-state index contributed by atoms with van der Waals surface area (Å²) in [5, 5.41) is 14.4. The normalized spacial score (nSPS) is 15.1. The molecule has 7 nitrogen and oxygen atoms in total. The molecule has 1 aliphatic rings. The second kappa shape index (κ2) is 7.38. The van der Waals surface area contributed by atoms with Gasteiger partial charge in [0.2, 0.25) is 5.91 Å². The fraction of sp³-hybridized carbons (Fsp3) is 0.375. The Morgan fingerprint density at radius 1 is 1.42 bits per heavy atom. The quantitative estimate of drug-likeness (QED) is 0.906. The number of carbonyl (C=O) groups is 1. The third kappa shape index (κ3) is 4.07. The van der Waals surface area contributed by atoms with E-state index in [1.54, 1.807) is 18.3 Å². The van der Waals surface area contributed by atoms with Gasteiger partial charge in [-0.05, 0) is 19.1 Å². The Balaban J connectivity index is 1.49. The zero-order chi connectivity index (χ0) is 16.9. The lowest BCUT2D eigenvalue weighted by molar-refractivity contribution is -0.117. The van der Waals surface area contributed by atoms with E-state index >= 15 is 0 Å². The lowest BCUT2D eigenvalue weighted by atomic mass is 10.2. The lowest BCUT2D eigenvalue weighted by Crippen LogP contribution is -2.48. The van der Waals surface area contributed by atoms with E-state index in [0.717, 1.165) is 37.7 Å². The maximum Gasteiger partial charge on any atom is 0.240 e. The summed E-state index contributed by atoms with van der Waals surface area (Å²) in [5.41, 5.74) is 1.52. The average Bonchev–Trinajstić information content (AvgIpc) is 3.00. The monoisotopic (exact) mass is 342 g/mol. The molecule has 3 heterocycles. The van der Waals surface area contributed by atoms with E-state index in [-0.39, 0.29) is 5.91 Å². The standard InChI is InChI=1S/C16H18N6OS/c1-12-11-24-16(19-12)20-15(23)10-21-4-6-22(7-5-21)14-8-13(9-17)2-3-18-14/h2-3,8,11H,4-7,10H2,1H3,(H,19,20,23). The van der Waals surface area contributed by atoms with Crippen LogP contribution in [0.15, 0.2) is 23.7 Å². The summed E-state index contributed by atoms with van der Waals surface area (Å²) in [4.78, 5) is 24.9. The van der Waals surface area contributed by atoms with Crippen molar-refractivity contribution < 1.29 is 4.79 Å². The van der Waals surface area contributed by atoms with Crippen molar-refractivity contribution in [1.82, 2.24) is 14.9 Å². The highest BCUT2D eigenvalue weighted by Crippen LogP contribution is 2.16. The Morgan fingerprint density at radius 3 is 2.88 bits per heavy atom. The first-order valence-electron chi connectivity index (χ1n) is 7.69. The van der Waals surface area contributed by atoms with E-state index in [2.05, 4.69) is 31.2 Å². The summed E-state index contributed by atoms with van der Waals surface area (Å²) < 4.78 is 0. The molecule has 0 aliphatic carbocycles. The van der Waals surface area contributed by atoms with Gasteiger partial charge in [0.1, 0.15) is 5.82 Å². The van der Waals surface area contributed by atoms with Crippen LogP contribution in [0.25, 0.3) is 0 Å². The van der Waals surface area contributed by atoms with Gasteiger partial charge in [-0.3, -0.25) is 9.69 Å². The van der Waals surface area contributed by atoms with Gasteiger partial charge in [0.25, 0.3) is 0 Å². The van der Waals surface area contributed by atoms with E-state index in [1.165, 1.54) is 11.3 Å². The number of hydrogen-bond donors (Lipinski definition) is 1. The highest BCUT2D eigenvalue weighted by Gasteiger charge is 2.20. The highest BCUT2D eigenvalue weighted by molar-refractivity contribution is 7.13. The van der Waals surface area contributed by atoms with Crippen molar-refractivity contribution in [3.8, 4) is 6.07 Å². The lowest BCUT2D eigenvalue weighted by Gasteiger charge is -2.34. The molecule has 1 saturated heterocycles. The van der Waals surface area contributed by atoms with Crippen molar-refractivity contribution in [2.24, 2.45) is 0 Å². The minimum absolute atomic E-state index is 0.0394. The SMILES string of the molecule is Cc1csc(NC(=O)CN2CCN(c3cc(C#N)ccn3)CC2)n1. The summed E-state index contributed by atoms with van der Waals surface area (Å²) in [6, 6.07) is 5.63. The van der Waals surface area contributed by atoms with Crippen LogP contribution in [0.2, 0.25) is 0 Å². The molecule has 2 aromatic rings. The molecule has 0 radical (unpaired) electrons. The molecule has 1 aliphatic heterocycles. The summed E-state index contributed by atoms with van der Waals surface area (Å²) >= 11 is 1.44. The van der Waals surface area contributed by atoms with Crippen LogP contribution >= 0.6 is 11.3 Å². The molecule has 0 bridgehead atoms. The number of rotatable bonds is 4. The number of nitriles is 1. The number of aromatic nitrogens is 2. The Kier molecular flexibility index (Phi) is 5.03. The average molecular weight is 342 g/mol. The van der Waals surface area contributed by atoms with Gasteiger partial charge in [-0.2, -0.15) is 5.26 Å². The number of anilines is 2. The number of carbonyl (C=O) groups excluding carboxylic acids is 1. The molecular formula is C16H18N6OS. The van der Waals surface area contributed by atoms with Gasteiger partial charge in [0.05, 0.1) is 23.9 Å². The third-order valence-corrected chi connectivity index (χ3v) is 4.68. The predicted molar refractivity (Wildman–Crippen MR) is 93.1 cm³/mol. The Hall–Kier alpha value is -2.50. The number of amides is 1. The Morgan fingerprint density at radius 2 is 2.21 bits per heavy atom. The van der Waals surface area contributed by atoms with Crippen molar-refractivity contribution in [2.75, 3.05) is 42.9 Å². The van der Waals surface area contributed by atoms with Gasteiger partial charge in [0.15, 0.2) is 5.13 Å². The number of nitrogens with one attached hydrogen (secondary N) is 1. The molecule has 2 aromatic heterocycles. The molecule has 124 valence electrons. The van der Waals surface area contributed by atoms with E-state index < -0.39 is 0 Å². The molecule has 1 fully saturated rings. The molecule has 3 rings (SSSR count). The van der Waals surface area contributed by atoms with Crippen molar-refractivity contribution >= 4 is 28.2 Å². The first-order chi connectivity index (χ1) is 11.6. The number of nitrogens with zero attached hydrogens (tertiary/aromatic N) is 5. The second-order valence-corrected chi connectivity index (χ2v) is 6.48. The first-order valence-corrected chi connectivity index (χ1v) is 8.57. The maximum absolute atomic E-state index is 12.1. The molecule has 24 heavy (non-hydrogen) atoms.